The summed E-state index contributed by atoms with van der Waals surface area (Å²) in [5, 5.41) is 17.8. The number of nitrogens with one attached hydrogen (secondary N) is 1. The molecule has 1 aliphatic heterocycles. The van der Waals surface area contributed by atoms with Crippen LogP contribution in [0.4, 0.5) is 0 Å². The van der Waals surface area contributed by atoms with Crippen molar-refractivity contribution in [1.82, 2.24) is 24.9 Å². The van der Waals surface area contributed by atoms with Gasteiger partial charge in [0.2, 0.25) is 0 Å². The van der Waals surface area contributed by atoms with Crippen molar-refractivity contribution in [2.75, 3.05) is 13.1 Å². The van der Waals surface area contributed by atoms with Gasteiger partial charge in [-0.3, -0.25) is 4.79 Å². The van der Waals surface area contributed by atoms with Gasteiger partial charge in [-0.1, -0.05) is 17.3 Å². The second-order valence-corrected chi connectivity index (χ2v) is 7.93. The Morgan fingerprint density at radius 2 is 1.93 bits per heavy atom. The maximum Gasteiger partial charge on any atom is 0.358 e. The number of amides is 1. The summed E-state index contributed by atoms with van der Waals surface area (Å²) >= 11 is 0. The lowest BCUT2D eigenvalue weighted by Gasteiger charge is -2.32. The van der Waals surface area contributed by atoms with Gasteiger partial charge in [-0.25, -0.2) is 9.48 Å². The number of aromatic amines is 1. The molecule has 3 aromatic rings. The number of fused-ring (bicyclic) bond motifs is 3. The van der Waals surface area contributed by atoms with Crippen LogP contribution in [0, 0.1) is 0 Å². The first kappa shape index (κ1) is 17.9. The van der Waals surface area contributed by atoms with Crippen LogP contribution in [-0.4, -0.2) is 55.0 Å². The number of aromatic nitrogens is 4. The molecule has 1 aliphatic carbocycles. The van der Waals surface area contributed by atoms with Gasteiger partial charge in [0.1, 0.15) is 0 Å². The first-order chi connectivity index (χ1) is 14.1. The van der Waals surface area contributed by atoms with E-state index in [1.807, 2.05) is 17.0 Å². The highest BCUT2D eigenvalue weighted by Gasteiger charge is 2.28. The Labute approximate surface area is 167 Å². The van der Waals surface area contributed by atoms with Gasteiger partial charge in [-0.05, 0) is 50.2 Å². The average molecular weight is 393 g/mol. The number of rotatable bonds is 3. The van der Waals surface area contributed by atoms with E-state index in [1.165, 1.54) is 35.7 Å². The molecular formula is C21H23N5O3. The molecule has 2 aliphatic rings. The lowest BCUT2D eigenvalue weighted by Crippen LogP contribution is -2.39. The van der Waals surface area contributed by atoms with Crippen molar-refractivity contribution in [1.29, 1.82) is 0 Å². The molecule has 0 bridgehead atoms. The maximum atomic E-state index is 13.3. The molecule has 5 rings (SSSR count). The fraction of sp³-hybridized carbons (Fsp3) is 0.429. The number of hydrogen-bond donors (Lipinski definition) is 2. The largest absolute Gasteiger partial charge is 0.476 e. The highest BCUT2D eigenvalue weighted by Crippen LogP contribution is 2.32. The van der Waals surface area contributed by atoms with Crippen LogP contribution < -0.4 is 0 Å². The van der Waals surface area contributed by atoms with Gasteiger partial charge in [0.15, 0.2) is 5.69 Å². The van der Waals surface area contributed by atoms with Crippen LogP contribution in [0.3, 0.4) is 0 Å². The number of benzene rings is 1. The molecule has 150 valence electrons. The molecule has 0 radical (unpaired) electrons. The SMILES string of the molecule is O=C(O)c1cn(C2CCN(C(=O)c3cccc4c5c([nH]c34)CCCC5)CC2)nn1. The summed E-state index contributed by atoms with van der Waals surface area (Å²) in [6, 6.07) is 6.07. The lowest BCUT2D eigenvalue weighted by atomic mass is 9.95. The van der Waals surface area contributed by atoms with Gasteiger partial charge in [0, 0.05) is 24.2 Å². The van der Waals surface area contributed by atoms with Crippen molar-refractivity contribution >= 4 is 22.8 Å². The van der Waals surface area contributed by atoms with Crippen LogP contribution in [0.15, 0.2) is 24.4 Å². The molecule has 1 saturated heterocycles. The van der Waals surface area contributed by atoms with E-state index in [-0.39, 0.29) is 17.6 Å². The maximum absolute atomic E-state index is 13.3. The predicted molar refractivity (Wildman–Crippen MR) is 106 cm³/mol. The van der Waals surface area contributed by atoms with Gasteiger partial charge in [0.05, 0.1) is 23.3 Å². The molecule has 1 fully saturated rings. The number of H-pyrrole nitrogens is 1. The van der Waals surface area contributed by atoms with Crippen LogP contribution in [0.5, 0.6) is 0 Å². The Bertz CT molecular complexity index is 1090. The number of hydrogen-bond acceptors (Lipinski definition) is 4. The average Bonchev–Trinajstić information content (AvgIpc) is 3.38. The summed E-state index contributed by atoms with van der Waals surface area (Å²) in [5.41, 5.74) is 4.31. The fourth-order valence-electron chi connectivity index (χ4n) is 4.67. The molecule has 29 heavy (non-hydrogen) atoms. The Hall–Kier alpha value is -3.16. The summed E-state index contributed by atoms with van der Waals surface area (Å²) in [7, 11) is 0. The van der Waals surface area contributed by atoms with Crippen LogP contribution in [0.1, 0.15) is 63.8 Å². The first-order valence-corrected chi connectivity index (χ1v) is 10.2. The van der Waals surface area contributed by atoms with E-state index in [0.29, 0.717) is 13.1 Å². The van der Waals surface area contributed by atoms with E-state index in [2.05, 4.69) is 21.4 Å². The van der Waals surface area contributed by atoms with Crippen LogP contribution in [0.2, 0.25) is 0 Å². The smallest absolute Gasteiger partial charge is 0.358 e. The Kier molecular flexibility index (Phi) is 4.34. The zero-order valence-electron chi connectivity index (χ0n) is 16.1. The van der Waals surface area contributed by atoms with Gasteiger partial charge in [0.25, 0.3) is 5.91 Å². The quantitative estimate of drug-likeness (QED) is 0.712. The number of nitrogens with zero attached hydrogens (tertiary/aromatic N) is 4. The third-order valence-corrected chi connectivity index (χ3v) is 6.22. The molecule has 0 saturated carbocycles. The van der Waals surface area contributed by atoms with E-state index in [1.54, 1.807) is 4.68 Å². The zero-order valence-corrected chi connectivity index (χ0v) is 16.1. The molecule has 1 aromatic carbocycles. The summed E-state index contributed by atoms with van der Waals surface area (Å²) in [6.07, 6.45) is 7.46. The van der Waals surface area contributed by atoms with Crippen molar-refractivity contribution in [3.8, 4) is 0 Å². The molecule has 2 N–H and O–H groups in total. The third kappa shape index (κ3) is 3.08. The van der Waals surface area contributed by atoms with Crippen molar-refractivity contribution in [3.63, 3.8) is 0 Å². The first-order valence-electron chi connectivity index (χ1n) is 10.2. The minimum atomic E-state index is -1.08. The highest BCUT2D eigenvalue weighted by molar-refractivity contribution is 6.06. The van der Waals surface area contributed by atoms with Crippen LogP contribution >= 0.6 is 0 Å². The topological polar surface area (TPSA) is 104 Å². The fourth-order valence-corrected chi connectivity index (χ4v) is 4.67. The lowest BCUT2D eigenvalue weighted by molar-refractivity contribution is 0.0684. The number of para-hydroxylation sites is 1. The highest BCUT2D eigenvalue weighted by atomic mass is 16.4. The van der Waals surface area contributed by atoms with Crippen molar-refractivity contribution in [2.45, 2.75) is 44.6 Å². The Morgan fingerprint density at radius 3 is 2.69 bits per heavy atom. The molecule has 0 atom stereocenters. The molecule has 8 heteroatoms. The van der Waals surface area contributed by atoms with Crippen LogP contribution in [-0.2, 0) is 12.8 Å². The van der Waals surface area contributed by atoms with Crippen molar-refractivity contribution < 1.29 is 14.7 Å². The van der Waals surface area contributed by atoms with Gasteiger partial charge in [-0.15, -0.1) is 5.10 Å². The minimum absolute atomic E-state index is 0.0501. The number of carbonyl (C=O) groups is 2. The number of likely N-dealkylation sites (tertiary alicyclic amines) is 1. The Morgan fingerprint density at radius 1 is 1.14 bits per heavy atom. The van der Waals surface area contributed by atoms with Gasteiger partial charge < -0.3 is 15.0 Å². The van der Waals surface area contributed by atoms with Crippen molar-refractivity contribution in [2.24, 2.45) is 0 Å². The van der Waals surface area contributed by atoms with Gasteiger partial charge >= 0.3 is 5.97 Å². The zero-order chi connectivity index (χ0) is 20.0. The minimum Gasteiger partial charge on any atom is -0.476 e. The normalized spacial score (nSPS) is 17.4. The standard InChI is InChI=1S/C21H23N5O3/c27-20(16-6-3-5-15-14-4-1-2-7-17(14)22-19(15)16)25-10-8-13(9-11-25)26-12-18(21(28)29)23-24-26/h3,5-6,12-13,22H,1-2,4,7-11H2,(H,28,29). The molecule has 0 spiro atoms. The summed E-state index contributed by atoms with van der Waals surface area (Å²) in [5.74, 6) is -1.02. The number of aromatic carboxylic acids is 1. The molecule has 1 amide bonds. The molecule has 8 nitrogen and oxygen atoms in total. The van der Waals surface area contributed by atoms with E-state index in [4.69, 9.17) is 5.11 Å². The summed E-state index contributed by atoms with van der Waals surface area (Å²) in [6.45, 7) is 1.23. The predicted octanol–water partition coefficient (Wildman–Crippen LogP) is 2.81. The van der Waals surface area contributed by atoms with E-state index in [0.717, 1.165) is 36.8 Å². The van der Waals surface area contributed by atoms with E-state index >= 15 is 0 Å². The number of piperidine rings is 1. The summed E-state index contributed by atoms with van der Waals surface area (Å²) < 4.78 is 1.62. The molecule has 2 aromatic heterocycles. The van der Waals surface area contributed by atoms with Gasteiger partial charge in [-0.2, -0.15) is 0 Å². The number of carboxylic acids is 1. The van der Waals surface area contributed by atoms with E-state index < -0.39 is 5.97 Å². The third-order valence-electron chi connectivity index (χ3n) is 6.22. The number of aryl methyl sites for hydroxylation is 2. The monoisotopic (exact) mass is 393 g/mol. The van der Waals surface area contributed by atoms with Crippen LogP contribution in [0.25, 0.3) is 10.9 Å². The second-order valence-electron chi connectivity index (χ2n) is 7.93. The molecular weight excluding hydrogens is 370 g/mol. The Balaban J connectivity index is 1.34. The second kappa shape index (κ2) is 7.02. The number of carbonyl (C=O) groups excluding carboxylic acids is 1. The summed E-state index contributed by atoms with van der Waals surface area (Å²) in [4.78, 5) is 29.7. The van der Waals surface area contributed by atoms with Crippen molar-refractivity contribution in [3.05, 3.63) is 46.9 Å². The molecule has 3 heterocycles. The van der Waals surface area contributed by atoms with E-state index in [9.17, 15) is 9.59 Å². The number of carboxylic acid groups (broad SMARTS) is 1. The molecule has 0 unspecified atom stereocenters.